The number of hydrogen-bond donors (Lipinski definition) is 2. The third kappa shape index (κ3) is 23.6. The number of rotatable bonds is 21. The van der Waals surface area contributed by atoms with Crippen molar-refractivity contribution in [3.05, 3.63) is 211 Å². The molecule has 0 unspecified atom stereocenters. The molecule has 2 N–H and O–H groups in total. The van der Waals surface area contributed by atoms with Gasteiger partial charge in [0, 0.05) is 102 Å². The lowest BCUT2D eigenvalue weighted by Crippen LogP contribution is -2.49. The van der Waals surface area contributed by atoms with E-state index in [0.29, 0.717) is 71.0 Å². The van der Waals surface area contributed by atoms with Crippen molar-refractivity contribution in [1.82, 2.24) is 24.9 Å². The molecule has 0 saturated carbocycles. The van der Waals surface area contributed by atoms with E-state index < -0.39 is 36.0 Å². The molecule has 5 fully saturated rings. The van der Waals surface area contributed by atoms with Crippen LogP contribution in [-0.2, 0) is 64.0 Å². The van der Waals surface area contributed by atoms with Crippen molar-refractivity contribution in [2.75, 3.05) is 65.0 Å². The molecule has 5 aliphatic heterocycles. The highest BCUT2D eigenvalue weighted by Gasteiger charge is 2.46. The number of carbonyl (C=O) groups excluding carboxylic acids is 5. The minimum Gasteiger partial charge on any atom is -0.438 e. The lowest BCUT2D eigenvalue weighted by molar-refractivity contribution is -0.128. The molecule has 98 heavy (non-hydrogen) atoms. The topological polar surface area (TPSA) is 236 Å². The fraction of sp³-hybridized carbons (Fsp3) is 0.438. The number of carbonyl (C=O) groups is 5. The van der Waals surface area contributed by atoms with Crippen molar-refractivity contribution in [3.63, 3.8) is 0 Å². The van der Waals surface area contributed by atoms with Crippen LogP contribution in [0.2, 0.25) is 0 Å². The standard InChI is InChI=1S/C25H29BrN2O3.C22H26BrNO5S.C21H24BrNO3.C4H7NO.CH3ClO2S/c1-19(20-10-12-22(26)13-11-20)28-18-15-25(31-24(28)30,21-7-3-2-4-8-21)14-6-17-27-16-5-9-23(27)29;1-17(18-9-11-20(23)12-10-18)24-15-14-22(29-21(24)25,19-7-4-3-5-8-19)13-6-16-28-30(2,26)27;1-16(17-8-10-19(22)11-9-17)23-14-13-21(12-5-15-24,26-20(23)25)18-6-3-2-4-7-18;6-4-2-1-3-5-4;1-5(2,3)4/h2-4,7-8,10-13,19H,5-6,9,14-18H2,1H3;3-5,7-12,17H,6,13-16H2,1-2H3;2-4,6-11,16,24H,5,12-15H2,1H3;1-3H2,(H,5,6);1H3/t19-,25+;17-,22+;16-,21+;;/m000../s1. The fourth-order valence-electron chi connectivity index (χ4n) is 12.6. The van der Waals surface area contributed by atoms with Crippen LogP contribution in [0.15, 0.2) is 177 Å². The van der Waals surface area contributed by atoms with Gasteiger partial charge in [-0.3, -0.25) is 13.8 Å². The Hall–Kier alpha value is -6.38. The number of ether oxygens (including phenoxy) is 3. The molecule has 6 aromatic rings. The molecule has 6 atom stereocenters. The van der Waals surface area contributed by atoms with Crippen LogP contribution in [0, 0.1) is 0 Å². The van der Waals surface area contributed by atoms with Gasteiger partial charge in [-0.1, -0.05) is 175 Å². The highest BCUT2D eigenvalue weighted by atomic mass is 79.9. The van der Waals surface area contributed by atoms with Gasteiger partial charge < -0.3 is 44.2 Å². The van der Waals surface area contributed by atoms with Crippen molar-refractivity contribution in [2.45, 2.75) is 139 Å². The molecule has 11 rings (SSSR count). The molecular weight excluding hydrogens is 1510 g/mol. The third-order valence-corrected chi connectivity index (χ3v) is 20.2. The van der Waals surface area contributed by atoms with E-state index in [9.17, 15) is 45.9 Å². The Balaban J connectivity index is 0.000000192. The van der Waals surface area contributed by atoms with Crippen molar-refractivity contribution >= 4 is 108 Å². The molecule has 5 aliphatic rings. The highest BCUT2D eigenvalue weighted by molar-refractivity contribution is 9.11. The summed E-state index contributed by atoms with van der Waals surface area (Å²) in [5.41, 5.74) is 4.04. The maximum absolute atomic E-state index is 13.2. The minimum atomic E-state index is -3.50. The van der Waals surface area contributed by atoms with Crippen molar-refractivity contribution in [1.29, 1.82) is 0 Å². The molecule has 0 bridgehead atoms. The van der Waals surface area contributed by atoms with E-state index in [0.717, 1.165) is 111 Å². The van der Waals surface area contributed by atoms with Gasteiger partial charge in [-0.25, -0.2) is 22.8 Å². The van der Waals surface area contributed by atoms with Crippen LogP contribution in [0.3, 0.4) is 0 Å². The van der Waals surface area contributed by atoms with Gasteiger partial charge in [0.25, 0.3) is 10.1 Å². The molecule has 0 aliphatic carbocycles. The zero-order valence-corrected chi connectivity index (χ0v) is 63.2. The number of hydrogen-bond acceptors (Lipinski definition) is 14. The molecule has 0 radical (unpaired) electrons. The van der Waals surface area contributed by atoms with Crippen LogP contribution in [0.1, 0.15) is 156 Å². The van der Waals surface area contributed by atoms with Crippen LogP contribution in [0.5, 0.6) is 0 Å². The Labute approximate surface area is 607 Å². The summed E-state index contributed by atoms with van der Waals surface area (Å²) in [5, 5.41) is 12.0. The van der Waals surface area contributed by atoms with Crippen LogP contribution in [0.25, 0.3) is 0 Å². The number of aliphatic hydroxyl groups excluding tert-OH is 1. The van der Waals surface area contributed by atoms with Gasteiger partial charge in [0.1, 0.15) is 16.8 Å². The van der Waals surface area contributed by atoms with Gasteiger partial charge in [-0.05, 0) is 142 Å². The van der Waals surface area contributed by atoms with Crippen LogP contribution >= 0.6 is 58.5 Å². The second kappa shape index (κ2) is 37.3. The Morgan fingerprint density at radius 2 is 0.857 bits per heavy atom. The fourth-order valence-corrected chi connectivity index (χ4v) is 13.8. The van der Waals surface area contributed by atoms with E-state index in [4.69, 9.17) is 18.4 Å². The molecule has 0 aromatic heterocycles. The molecular formula is C73H89Br3ClN5O14S2. The first-order valence-electron chi connectivity index (χ1n) is 32.9. The van der Waals surface area contributed by atoms with Crippen molar-refractivity contribution < 1.29 is 64.3 Å². The Morgan fingerprint density at radius 1 is 0.510 bits per heavy atom. The molecule has 530 valence electrons. The number of halogens is 4. The normalized spacial score (nSPS) is 21.0. The minimum absolute atomic E-state index is 0.0535. The van der Waals surface area contributed by atoms with Crippen LogP contribution in [0.4, 0.5) is 14.4 Å². The maximum Gasteiger partial charge on any atom is 0.411 e. The van der Waals surface area contributed by atoms with Gasteiger partial charge in [0.15, 0.2) is 0 Å². The van der Waals surface area contributed by atoms with E-state index in [1.54, 1.807) is 9.80 Å². The largest absolute Gasteiger partial charge is 0.438 e. The zero-order valence-electron chi connectivity index (χ0n) is 56.0. The first-order chi connectivity index (χ1) is 46.6. The summed E-state index contributed by atoms with van der Waals surface area (Å²) >= 11 is 10.3. The van der Waals surface area contributed by atoms with Gasteiger partial charge in [0.05, 0.1) is 37.2 Å². The first-order valence-corrected chi connectivity index (χ1v) is 39.9. The smallest absolute Gasteiger partial charge is 0.411 e. The average molecular weight is 1600 g/mol. The predicted octanol–water partition coefficient (Wildman–Crippen LogP) is 15.8. The second-order valence-corrected chi connectivity index (χ2v) is 32.3. The van der Waals surface area contributed by atoms with E-state index >= 15 is 0 Å². The van der Waals surface area contributed by atoms with Crippen molar-refractivity contribution in [2.24, 2.45) is 0 Å². The lowest BCUT2D eigenvalue weighted by atomic mass is 9.84. The van der Waals surface area contributed by atoms with Crippen LogP contribution < -0.4 is 5.32 Å². The molecule has 0 spiro atoms. The second-order valence-electron chi connectivity index (χ2n) is 24.9. The summed E-state index contributed by atoms with van der Waals surface area (Å²) in [6, 6.07) is 53.3. The molecule has 5 amide bonds. The SMILES string of the molecule is CS(=O)(=O)Cl.C[C@@H](c1ccc(Br)cc1)N1CC[C@](CCCN2CCCC2=O)(c2ccccc2)OC1=O.C[C@@H](c1ccc(Br)cc1)N1CC[C@](CCCO)(c2ccccc2)OC1=O.C[C@@H](c1ccc(Br)cc1)N1CC[C@](CCCOS(C)(=O)=O)(c2ccccc2)OC1=O.O=C1CCCN1. The summed E-state index contributed by atoms with van der Waals surface area (Å²) in [5.74, 6) is 0.443. The quantitative estimate of drug-likeness (QED) is 0.0295. The molecule has 6 aromatic carbocycles. The summed E-state index contributed by atoms with van der Waals surface area (Å²) in [7, 11) is -2.19. The van der Waals surface area contributed by atoms with Gasteiger partial charge >= 0.3 is 18.3 Å². The summed E-state index contributed by atoms with van der Waals surface area (Å²) in [6.45, 7) is 10.4. The number of aliphatic hydroxyl groups is 1. The maximum atomic E-state index is 13.2. The van der Waals surface area contributed by atoms with Crippen LogP contribution in [-0.4, -0.2) is 137 Å². The van der Waals surface area contributed by atoms with E-state index in [2.05, 4.69) is 63.8 Å². The third-order valence-electron chi connectivity index (χ3n) is 18.0. The van der Waals surface area contributed by atoms with Gasteiger partial charge in [-0.15, -0.1) is 0 Å². The molecule has 25 heteroatoms. The lowest BCUT2D eigenvalue weighted by Gasteiger charge is -2.44. The summed E-state index contributed by atoms with van der Waals surface area (Å²) in [6.07, 6.45) is 10.1. The molecule has 5 heterocycles. The highest BCUT2D eigenvalue weighted by Crippen LogP contribution is 2.44. The zero-order chi connectivity index (χ0) is 71.1. The molecule has 5 saturated heterocycles. The molecule has 19 nitrogen and oxygen atoms in total. The Kier molecular flexibility index (Phi) is 30.1. The number of amides is 5. The Morgan fingerprint density at radius 3 is 1.13 bits per heavy atom. The first kappa shape index (κ1) is 79.0. The van der Waals surface area contributed by atoms with Gasteiger partial charge in [-0.2, -0.15) is 8.42 Å². The summed E-state index contributed by atoms with van der Waals surface area (Å²) < 4.78 is 67.4. The number of nitrogens with one attached hydrogen (secondary N) is 1. The predicted molar refractivity (Wildman–Crippen MR) is 390 cm³/mol. The van der Waals surface area contributed by atoms with E-state index in [1.807, 2.05) is 194 Å². The van der Waals surface area contributed by atoms with Gasteiger partial charge in [0.2, 0.25) is 20.9 Å². The number of nitrogens with zero attached hydrogens (tertiary/aromatic N) is 4. The number of benzene rings is 6. The Bertz CT molecular complexity index is 3770. The van der Waals surface area contributed by atoms with Crippen molar-refractivity contribution in [3.8, 4) is 0 Å². The average Bonchev–Trinajstić information content (AvgIpc) is 0.824. The van der Waals surface area contributed by atoms with E-state index in [1.165, 1.54) is 0 Å². The number of likely N-dealkylation sites (tertiary alicyclic amines) is 1. The summed E-state index contributed by atoms with van der Waals surface area (Å²) in [4.78, 5) is 68.4. The van der Waals surface area contributed by atoms with E-state index in [-0.39, 0.29) is 61.4 Å². The number of cyclic esters (lactones) is 3. The monoisotopic (exact) mass is 1600 g/mol.